The van der Waals surface area contributed by atoms with Crippen molar-refractivity contribution in [2.24, 2.45) is 28.6 Å². The van der Waals surface area contributed by atoms with Crippen LogP contribution in [0.25, 0.3) is 0 Å². The first-order valence-corrected chi connectivity index (χ1v) is 19.7. The topological polar surface area (TPSA) is 46.2 Å². The predicted octanol–water partition coefficient (Wildman–Crippen LogP) is 13.3. The zero-order chi connectivity index (χ0) is 36.9. The van der Waals surface area contributed by atoms with Gasteiger partial charge in [0.15, 0.2) is 0 Å². The molecular weight excluding hydrogens is 583 g/mol. The van der Waals surface area contributed by atoms with Gasteiger partial charge < -0.3 is 0 Å². The molecule has 4 heteroatoms. The summed E-state index contributed by atoms with van der Waals surface area (Å²) in [6.07, 6.45) is 12.2. The first-order valence-electron chi connectivity index (χ1n) is 18.2. The van der Waals surface area contributed by atoms with Crippen LogP contribution in [0.3, 0.4) is 0 Å². The Morgan fingerprint density at radius 3 is 1.46 bits per heavy atom. The first-order chi connectivity index (χ1) is 20.8. The Morgan fingerprint density at radius 1 is 0.783 bits per heavy atom. The monoisotopic (exact) mass is 664 g/mol. The van der Waals surface area contributed by atoms with Crippen molar-refractivity contribution in [3.05, 3.63) is 60.2 Å². The second-order valence-electron chi connectivity index (χ2n) is 17.0. The number of rotatable bonds is 11. The Morgan fingerprint density at radius 2 is 1.20 bits per heavy atom. The minimum Gasteiger partial charge on any atom is -0.212 e. The Hall–Kier alpha value is -1.39. The van der Waals surface area contributed by atoms with Crippen LogP contribution < -0.4 is 4.72 Å². The molecule has 0 saturated heterocycles. The van der Waals surface area contributed by atoms with Gasteiger partial charge >= 0.3 is 0 Å². The third-order valence-corrected chi connectivity index (χ3v) is 10.2. The van der Waals surface area contributed by atoms with Crippen LogP contribution in [0.2, 0.25) is 0 Å². The molecule has 272 valence electrons. The van der Waals surface area contributed by atoms with Crippen molar-refractivity contribution in [1.82, 2.24) is 4.72 Å². The third kappa shape index (κ3) is 30.0. The molecule has 1 fully saturated rings. The number of hydrogen-bond donors (Lipinski definition) is 1. The van der Waals surface area contributed by atoms with Gasteiger partial charge in [-0.3, -0.25) is 0 Å². The molecule has 0 radical (unpaired) electrons. The highest BCUT2D eigenvalue weighted by atomic mass is 32.2. The van der Waals surface area contributed by atoms with Crippen LogP contribution in [0.1, 0.15) is 180 Å². The van der Waals surface area contributed by atoms with E-state index in [2.05, 4.69) is 158 Å². The van der Waals surface area contributed by atoms with Gasteiger partial charge in [-0.05, 0) is 91.1 Å². The average Bonchev–Trinajstić information content (AvgIpc) is 3.74. The highest BCUT2D eigenvalue weighted by Gasteiger charge is 2.35. The summed E-state index contributed by atoms with van der Waals surface area (Å²) in [6.45, 7) is 43.0. The number of unbranched alkanes of at least 4 members (excludes halogenated alkanes) is 1. The summed E-state index contributed by atoms with van der Waals surface area (Å²) >= 11 is 0. The lowest BCUT2D eigenvalue weighted by Crippen LogP contribution is -2.32. The van der Waals surface area contributed by atoms with Crippen molar-refractivity contribution in [2.45, 2.75) is 180 Å². The highest BCUT2D eigenvalue weighted by Crippen LogP contribution is 2.36. The van der Waals surface area contributed by atoms with Crippen LogP contribution in [0.4, 0.5) is 0 Å². The molecule has 2 rings (SSSR count). The van der Waals surface area contributed by atoms with E-state index >= 15 is 0 Å². The minimum absolute atomic E-state index is 0.0330. The summed E-state index contributed by atoms with van der Waals surface area (Å²) < 4.78 is 24.7. The molecule has 46 heavy (non-hydrogen) atoms. The lowest BCUT2D eigenvalue weighted by molar-refractivity contribution is 0.157. The lowest BCUT2D eigenvalue weighted by atomic mass is 9.71. The molecule has 1 aromatic rings. The van der Waals surface area contributed by atoms with Crippen molar-refractivity contribution in [3.63, 3.8) is 0 Å². The van der Waals surface area contributed by atoms with E-state index < -0.39 is 10.0 Å². The van der Waals surface area contributed by atoms with Gasteiger partial charge in [0.05, 0.1) is 5.25 Å². The molecule has 3 nitrogen and oxygen atoms in total. The maximum atomic E-state index is 11.1. The molecule has 1 saturated carbocycles. The van der Waals surface area contributed by atoms with Gasteiger partial charge in [0.1, 0.15) is 0 Å². The number of nitrogens with one attached hydrogen (secondary N) is 1. The van der Waals surface area contributed by atoms with Crippen LogP contribution in [-0.4, -0.2) is 19.7 Å². The summed E-state index contributed by atoms with van der Waals surface area (Å²) in [7, 11) is -2.94. The van der Waals surface area contributed by atoms with E-state index in [9.17, 15) is 8.42 Å². The predicted molar refractivity (Wildman–Crippen MR) is 211 cm³/mol. The highest BCUT2D eigenvalue weighted by molar-refractivity contribution is 7.90. The van der Waals surface area contributed by atoms with E-state index in [1.54, 1.807) is 0 Å². The van der Waals surface area contributed by atoms with Gasteiger partial charge in [0.25, 0.3) is 0 Å². The van der Waals surface area contributed by atoms with Crippen molar-refractivity contribution in [3.8, 4) is 0 Å². The molecule has 0 aliphatic heterocycles. The fourth-order valence-electron chi connectivity index (χ4n) is 3.09. The van der Waals surface area contributed by atoms with E-state index in [1.165, 1.54) is 30.4 Å². The third-order valence-electron chi connectivity index (χ3n) is 8.00. The van der Waals surface area contributed by atoms with Crippen LogP contribution in [0, 0.1) is 28.6 Å². The zero-order valence-electron chi connectivity index (χ0n) is 34.1. The number of hydrogen-bond acceptors (Lipinski definition) is 2. The zero-order valence-corrected chi connectivity index (χ0v) is 34.9. The number of allylic oxidation sites excluding steroid dienone is 3. The Labute approximate surface area is 291 Å². The quantitative estimate of drug-likeness (QED) is 0.189. The van der Waals surface area contributed by atoms with Crippen molar-refractivity contribution in [2.75, 3.05) is 0 Å². The first kappa shape index (κ1) is 49.0. The van der Waals surface area contributed by atoms with Crippen molar-refractivity contribution in [1.29, 1.82) is 0 Å². The molecule has 0 aromatic heterocycles. The summed E-state index contributed by atoms with van der Waals surface area (Å²) in [4.78, 5) is 0. The molecule has 1 aromatic carbocycles. The molecule has 0 heterocycles. The van der Waals surface area contributed by atoms with Crippen LogP contribution in [-0.2, 0) is 10.0 Å². The standard InChI is InChI=1S/C12H18.C11H22.C8H18.C6H13NO2S.C5H10/c1-9(2)11-6-5-7-12(8-11)10(3)4;1-10(2)8-6-5-7-9-11(3)4;1-7(2,3)8(4,5)6;1-5(2)7-10(8,9)6-3-4-6;1-4-5(2)3/h5-10H,1-4H3;6,8,10-11H,5,7,9H2,1-4H3;1-6H3;5-7H,3-4H2,1-2H3;4-5H,1H2,2-3H3/b;8-6+;;;. The van der Waals surface area contributed by atoms with E-state index in [1.807, 2.05) is 19.9 Å². The average molecular weight is 664 g/mol. The van der Waals surface area contributed by atoms with Gasteiger partial charge in [-0.15, -0.1) is 6.58 Å². The summed E-state index contributed by atoms with van der Waals surface area (Å²) in [5.74, 6) is 3.51. The maximum absolute atomic E-state index is 11.1. The molecule has 1 aliphatic rings. The number of sulfonamides is 1. The van der Waals surface area contributed by atoms with E-state index in [-0.39, 0.29) is 11.3 Å². The summed E-state index contributed by atoms with van der Waals surface area (Å²) in [5.41, 5.74) is 3.77. The van der Waals surface area contributed by atoms with Gasteiger partial charge in [0.2, 0.25) is 10.0 Å². The van der Waals surface area contributed by atoms with Crippen LogP contribution in [0.15, 0.2) is 49.1 Å². The Balaban J connectivity index is -0.000000515. The smallest absolute Gasteiger partial charge is 0.212 e. The van der Waals surface area contributed by atoms with E-state index in [4.69, 9.17) is 0 Å². The van der Waals surface area contributed by atoms with Crippen LogP contribution >= 0.6 is 0 Å². The van der Waals surface area contributed by atoms with E-state index in [0.717, 1.165) is 18.8 Å². The molecule has 1 N–H and O–H groups in total. The number of benzene rings is 1. The van der Waals surface area contributed by atoms with Gasteiger partial charge in [0, 0.05) is 6.04 Å². The van der Waals surface area contributed by atoms with Crippen molar-refractivity contribution < 1.29 is 8.42 Å². The minimum atomic E-state index is -2.94. The molecule has 1 aliphatic carbocycles. The molecule has 0 amide bonds. The van der Waals surface area contributed by atoms with E-state index in [0.29, 0.717) is 34.5 Å². The SMILES string of the molecule is C=CC(C)C.CC(C)(C)C(C)(C)C.CC(C)/C=C/CCCC(C)C.CC(C)NS(=O)(=O)C1CC1.CC(C)c1cccc(C(C)C)c1. The molecule has 0 unspecified atom stereocenters. The normalized spacial score (nSPS) is 13.6. The van der Waals surface area contributed by atoms with Gasteiger partial charge in [-0.2, -0.15) is 0 Å². The van der Waals surface area contributed by atoms with Gasteiger partial charge in [-0.25, -0.2) is 13.1 Å². The summed E-state index contributed by atoms with van der Waals surface area (Å²) in [6, 6.07) is 8.91. The second kappa shape index (κ2) is 24.7. The fraction of sp³-hybridized carbons (Fsp3) is 0.762. The van der Waals surface area contributed by atoms with Crippen LogP contribution in [0.5, 0.6) is 0 Å². The molecule has 0 atom stereocenters. The van der Waals surface area contributed by atoms with Crippen molar-refractivity contribution >= 4 is 10.0 Å². The Bertz CT molecular complexity index is 977. The van der Waals surface area contributed by atoms with Gasteiger partial charge in [-0.1, -0.05) is 160 Å². The molecular formula is C42H81NO2S. The molecule has 0 spiro atoms. The molecule has 0 bridgehead atoms. The Kier molecular flexibility index (Phi) is 26.3. The second-order valence-corrected chi connectivity index (χ2v) is 19.0. The fourth-order valence-corrected chi connectivity index (χ4v) is 4.70. The lowest BCUT2D eigenvalue weighted by Gasteiger charge is -2.34. The summed E-state index contributed by atoms with van der Waals surface area (Å²) in [5, 5.41) is -0.0881. The largest absolute Gasteiger partial charge is 0.214 e. The maximum Gasteiger partial charge on any atom is 0.214 e.